The number of aromatic nitrogens is 1. The minimum Gasteiger partial charge on any atom is -0.491 e. The van der Waals surface area contributed by atoms with Crippen LogP contribution in [-0.2, 0) is 14.3 Å². The Balaban J connectivity index is 1.59. The Bertz CT molecular complexity index is 1330. The lowest BCUT2D eigenvalue weighted by atomic mass is 9.91. The van der Waals surface area contributed by atoms with Crippen molar-refractivity contribution >= 4 is 40.1 Å². The molecule has 0 bridgehead atoms. The molecule has 0 spiro atoms. The number of rotatable bonds is 12. The fraction of sp³-hybridized carbons (Fsp3) is 0.296. The summed E-state index contributed by atoms with van der Waals surface area (Å²) in [4.78, 5) is 57.1. The summed E-state index contributed by atoms with van der Waals surface area (Å²) in [5.41, 5.74) is 1.29. The number of nitrogens with one attached hydrogen (secondary N) is 2. The number of ether oxygens (including phenoxy) is 2. The van der Waals surface area contributed by atoms with Crippen molar-refractivity contribution in [1.29, 1.82) is 0 Å². The van der Waals surface area contributed by atoms with E-state index in [-0.39, 0.29) is 10.8 Å². The second-order valence-corrected chi connectivity index (χ2v) is 9.61. The van der Waals surface area contributed by atoms with Gasteiger partial charge in [0, 0.05) is 18.4 Å². The molecule has 2 aromatic carbocycles. The summed E-state index contributed by atoms with van der Waals surface area (Å²) in [5, 5.41) is 15.9. The number of hydrogen-bond donors (Lipinski definition) is 3. The van der Waals surface area contributed by atoms with Gasteiger partial charge in [-0.3, -0.25) is 14.4 Å². The van der Waals surface area contributed by atoms with Crippen LogP contribution in [0.1, 0.15) is 40.5 Å². The van der Waals surface area contributed by atoms with E-state index in [2.05, 4.69) is 15.6 Å². The van der Waals surface area contributed by atoms with E-state index < -0.39 is 48.2 Å². The van der Waals surface area contributed by atoms with E-state index in [0.717, 1.165) is 21.8 Å². The van der Waals surface area contributed by atoms with Crippen LogP contribution in [0.5, 0.6) is 5.75 Å². The molecule has 4 rings (SSSR count). The second-order valence-electron chi connectivity index (χ2n) is 8.75. The van der Waals surface area contributed by atoms with Crippen molar-refractivity contribution < 1.29 is 33.8 Å². The lowest BCUT2D eigenvalue weighted by Gasteiger charge is -2.29. The van der Waals surface area contributed by atoms with Crippen LogP contribution in [0.15, 0.2) is 60.0 Å². The van der Waals surface area contributed by atoms with Crippen molar-refractivity contribution in [3.63, 3.8) is 0 Å². The first-order valence-electron chi connectivity index (χ1n) is 12.1. The minimum absolute atomic E-state index is 0.00941. The van der Waals surface area contributed by atoms with E-state index in [9.17, 15) is 19.2 Å². The largest absolute Gasteiger partial charge is 0.491 e. The molecule has 11 nitrogen and oxygen atoms in total. The number of ketones is 1. The Morgan fingerprint density at radius 1 is 1.13 bits per heavy atom. The number of urea groups is 1. The van der Waals surface area contributed by atoms with Gasteiger partial charge >= 0.3 is 6.03 Å². The number of aliphatic hydroxyl groups is 1. The normalized spacial score (nSPS) is 16.5. The van der Waals surface area contributed by atoms with Gasteiger partial charge in [-0.1, -0.05) is 49.4 Å². The number of carbonyl (C=O) groups excluding carboxylic acids is 4. The predicted octanol–water partition coefficient (Wildman–Crippen LogP) is 2.75. The maximum Gasteiger partial charge on any atom is 0.325 e. The van der Waals surface area contributed by atoms with Gasteiger partial charge < -0.3 is 25.2 Å². The molecule has 0 saturated carbocycles. The van der Waals surface area contributed by atoms with Crippen LogP contribution in [0.2, 0.25) is 0 Å². The average Bonchev–Trinajstić information content (AvgIpc) is 3.53. The zero-order valence-corrected chi connectivity index (χ0v) is 22.1. The highest BCUT2D eigenvalue weighted by atomic mass is 32.1. The standard InChI is InChI=1S/C27H28N4O7S/c1-16(17-6-4-3-5-7-17)23(24(34)30-26-28-20(15-39-26)21(33)14-32)31-25(35)22(29-27(31)36)18-8-10-19(11-9-18)38-13-12-37-2/h3-11,15-16,22-23,32H,12-14H2,1-2H3,(H,29,36)(H,28,30,34)/t16-,22+,23?/m0/s1. The molecule has 3 aromatic rings. The van der Waals surface area contributed by atoms with Gasteiger partial charge in [0.25, 0.3) is 5.91 Å². The number of methoxy groups -OCH3 is 1. The van der Waals surface area contributed by atoms with Crippen molar-refractivity contribution in [3.05, 3.63) is 76.8 Å². The van der Waals surface area contributed by atoms with E-state index in [1.807, 2.05) is 18.2 Å². The number of imide groups is 1. The molecule has 1 unspecified atom stereocenters. The lowest BCUT2D eigenvalue weighted by Crippen LogP contribution is -2.50. The maximum absolute atomic E-state index is 13.6. The van der Waals surface area contributed by atoms with Gasteiger partial charge in [0.05, 0.1) is 6.61 Å². The van der Waals surface area contributed by atoms with E-state index in [1.165, 1.54) is 5.38 Å². The maximum atomic E-state index is 13.6. The van der Waals surface area contributed by atoms with Crippen LogP contribution in [0.4, 0.5) is 9.93 Å². The Hall–Kier alpha value is -4.13. The quantitative estimate of drug-likeness (QED) is 0.177. The Labute approximate surface area is 228 Å². The third-order valence-electron chi connectivity index (χ3n) is 6.25. The molecule has 1 saturated heterocycles. The first kappa shape index (κ1) is 27.9. The Kier molecular flexibility index (Phi) is 9.02. The lowest BCUT2D eigenvalue weighted by molar-refractivity contribution is -0.134. The third kappa shape index (κ3) is 6.30. The van der Waals surface area contributed by atoms with Crippen LogP contribution in [-0.4, -0.2) is 71.6 Å². The van der Waals surface area contributed by atoms with E-state index >= 15 is 0 Å². The van der Waals surface area contributed by atoms with Crippen LogP contribution in [0.3, 0.4) is 0 Å². The number of hydrogen-bond acceptors (Lipinski definition) is 9. The fourth-order valence-electron chi connectivity index (χ4n) is 4.21. The molecule has 0 radical (unpaired) electrons. The third-order valence-corrected chi connectivity index (χ3v) is 7.01. The number of amides is 4. The van der Waals surface area contributed by atoms with Gasteiger partial charge in [0.1, 0.15) is 36.7 Å². The minimum atomic E-state index is -1.22. The molecule has 1 aliphatic heterocycles. The molecule has 4 amide bonds. The molecular weight excluding hydrogens is 524 g/mol. The van der Waals surface area contributed by atoms with Crippen LogP contribution in [0.25, 0.3) is 0 Å². The molecule has 12 heteroatoms. The van der Waals surface area contributed by atoms with Gasteiger partial charge in [-0.2, -0.15) is 0 Å². The van der Waals surface area contributed by atoms with Gasteiger partial charge in [0.15, 0.2) is 5.13 Å². The summed E-state index contributed by atoms with van der Waals surface area (Å²) in [7, 11) is 1.57. The topological polar surface area (TPSA) is 147 Å². The molecule has 1 fully saturated rings. The number of benzene rings is 2. The van der Waals surface area contributed by atoms with Crippen molar-refractivity contribution in [1.82, 2.24) is 15.2 Å². The number of Topliss-reactive ketones (excluding diaryl/α,β-unsaturated/α-hetero) is 1. The van der Waals surface area contributed by atoms with E-state index in [1.54, 1.807) is 50.4 Å². The molecule has 3 atom stereocenters. The molecule has 39 heavy (non-hydrogen) atoms. The van der Waals surface area contributed by atoms with Gasteiger partial charge in [-0.25, -0.2) is 14.7 Å². The highest BCUT2D eigenvalue weighted by molar-refractivity contribution is 7.14. The SMILES string of the molecule is COCCOc1ccc([C@H]2NC(=O)N(C(C(=O)Nc3nc(C(=O)CO)cs3)[C@@H](C)c3ccccc3)C2=O)cc1. The van der Waals surface area contributed by atoms with E-state index in [0.29, 0.717) is 24.5 Å². The van der Waals surface area contributed by atoms with Gasteiger partial charge in [-0.05, 0) is 23.3 Å². The first-order chi connectivity index (χ1) is 18.8. The van der Waals surface area contributed by atoms with Crippen molar-refractivity contribution in [2.45, 2.75) is 24.9 Å². The average molecular weight is 553 g/mol. The molecule has 3 N–H and O–H groups in total. The monoisotopic (exact) mass is 552 g/mol. The van der Waals surface area contributed by atoms with Crippen LogP contribution in [0, 0.1) is 0 Å². The molecule has 204 valence electrons. The Morgan fingerprint density at radius 2 is 1.85 bits per heavy atom. The van der Waals surface area contributed by atoms with Crippen LogP contribution < -0.4 is 15.4 Å². The fourth-order valence-corrected chi connectivity index (χ4v) is 4.93. The molecule has 1 aromatic heterocycles. The summed E-state index contributed by atoms with van der Waals surface area (Å²) in [6, 6.07) is 12.9. The molecule has 1 aliphatic rings. The summed E-state index contributed by atoms with van der Waals surface area (Å²) >= 11 is 0.998. The smallest absolute Gasteiger partial charge is 0.325 e. The zero-order valence-electron chi connectivity index (χ0n) is 21.3. The highest BCUT2D eigenvalue weighted by Gasteiger charge is 2.47. The molecule has 2 heterocycles. The van der Waals surface area contributed by atoms with Gasteiger partial charge in [-0.15, -0.1) is 11.3 Å². The van der Waals surface area contributed by atoms with Crippen LogP contribution >= 0.6 is 11.3 Å². The van der Waals surface area contributed by atoms with Crippen molar-refractivity contribution in [2.24, 2.45) is 0 Å². The summed E-state index contributed by atoms with van der Waals surface area (Å²) in [6.07, 6.45) is 0. The van der Waals surface area contributed by atoms with Gasteiger partial charge in [0.2, 0.25) is 11.7 Å². The number of aliphatic hydroxyl groups excluding tert-OH is 1. The second kappa shape index (κ2) is 12.6. The Morgan fingerprint density at radius 3 is 2.51 bits per heavy atom. The summed E-state index contributed by atoms with van der Waals surface area (Å²) in [6.45, 7) is 1.83. The molecule has 0 aliphatic carbocycles. The number of nitrogens with zero attached hydrogens (tertiary/aromatic N) is 2. The van der Waals surface area contributed by atoms with E-state index in [4.69, 9.17) is 14.6 Å². The first-order valence-corrected chi connectivity index (χ1v) is 13.0. The summed E-state index contributed by atoms with van der Waals surface area (Å²) < 4.78 is 10.5. The highest BCUT2D eigenvalue weighted by Crippen LogP contribution is 2.32. The zero-order chi connectivity index (χ0) is 27.9. The van der Waals surface area contributed by atoms with Crippen molar-refractivity contribution in [3.8, 4) is 5.75 Å². The molecular formula is C27H28N4O7S. The predicted molar refractivity (Wildman–Crippen MR) is 143 cm³/mol. The number of anilines is 1. The summed E-state index contributed by atoms with van der Waals surface area (Å²) in [5.74, 6) is -1.80. The number of thiazole rings is 1. The number of carbonyl (C=O) groups is 4. The van der Waals surface area contributed by atoms with Crippen molar-refractivity contribution in [2.75, 3.05) is 32.2 Å².